The smallest absolute Gasteiger partial charge is 0.0675 e. The molecule has 0 saturated carbocycles. The number of nitrogens with zero attached hydrogens (tertiary/aromatic N) is 1. The van der Waals surface area contributed by atoms with E-state index in [0.717, 1.165) is 5.69 Å². The molecule has 1 atom stereocenters. The molecule has 1 heterocycles. The predicted molar refractivity (Wildman–Crippen MR) is 116 cm³/mol. The molecule has 1 heteroatoms. The summed E-state index contributed by atoms with van der Waals surface area (Å²) in [7, 11) is 0. The van der Waals surface area contributed by atoms with E-state index >= 15 is 0 Å². The fourth-order valence-corrected chi connectivity index (χ4v) is 4.25. The van der Waals surface area contributed by atoms with Gasteiger partial charge in [-0.25, -0.2) is 0 Å². The molecule has 1 aliphatic rings. The van der Waals surface area contributed by atoms with Crippen LogP contribution in [0.25, 0.3) is 0 Å². The number of fused-ring (bicyclic) bond motifs is 1. The molecule has 0 saturated heterocycles. The molecule has 0 amide bonds. The second-order valence-corrected chi connectivity index (χ2v) is 8.01. The van der Waals surface area contributed by atoms with Crippen molar-refractivity contribution >= 4 is 11.4 Å². The van der Waals surface area contributed by atoms with E-state index in [2.05, 4.69) is 100 Å². The summed E-state index contributed by atoms with van der Waals surface area (Å²) in [6, 6.07) is 26.1. The van der Waals surface area contributed by atoms with Gasteiger partial charge in [0.15, 0.2) is 0 Å². The number of para-hydroxylation sites is 1. The molecule has 0 fully saturated rings. The first-order chi connectivity index (χ1) is 13.1. The minimum Gasteiger partial charge on any atom is -0.252 e. The Labute approximate surface area is 162 Å². The molecular weight excluding hydrogens is 326 g/mol. The van der Waals surface area contributed by atoms with Crippen LogP contribution >= 0.6 is 0 Å². The third-order valence-electron chi connectivity index (χ3n) is 5.54. The van der Waals surface area contributed by atoms with Gasteiger partial charge in [0.25, 0.3) is 0 Å². The third-order valence-corrected chi connectivity index (χ3v) is 5.54. The summed E-state index contributed by atoms with van der Waals surface area (Å²) in [5, 5.41) is 0. The zero-order chi connectivity index (χ0) is 19.0. The van der Waals surface area contributed by atoms with Gasteiger partial charge in [0, 0.05) is 0 Å². The van der Waals surface area contributed by atoms with Crippen molar-refractivity contribution in [2.75, 3.05) is 0 Å². The van der Waals surface area contributed by atoms with Crippen LogP contribution in [0, 0.1) is 0 Å². The van der Waals surface area contributed by atoms with Crippen LogP contribution in [0.15, 0.2) is 77.8 Å². The molecule has 136 valence electrons. The highest BCUT2D eigenvalue weighted by molar-refractivity contribution is 6.12. The van der Waals surface area contributed by atoms with Crippen LogP contribution in [-0.2, 0) is 0 Å². The SMILES string of the molecule is CC(C)c1cccc(C(C)C)c1C1C(c2ccccc2)=Nc2ccccc21. The maximum Gasteiger partial charge on any atom is 0.0675 e. The molecule has 1 unspecified atom stereocenters. The van der Waals surface area contributed by atoms with Gasteiger partial charge in [-0.05, 0) is 45.7 Å². The average Bonchev–Trinajstić information content (AvgIpc) is 3.07. The summed E-state index contributed by atoms with van der Waals surface area (Å²) < 4.78 is 0. The van der Waals surface area contributed by atoms with E-state index in [1.54, 1.807) is 0 Å². The standard InChI is InChI=1S/C26H27N/c1-17(2)20-14-10-15-21(18(3)4)24(20)25-22-13-8-9-16-23(22)27-26(25)19-11-6-5-7-12-19/h5-18,25H,1-4H3. The summed E-state index contributed by atoms with van der Waals surface area (Å²) in [6.07, 6.45) is 0. The largest absolute Gasteiger partial charge is 0.252 e. The molecular formula is C26H27N. The van der Waals surface area contributed by atoms with Crippen LogP contribution in [0.4, 0.5) is 5.69 Å². The van der Waals surface area contributed by atoms with Gasteiger partial charge in [-0.15, -0.1) is 0 Å². The van der Waals surface area contributed by atoms with Crippen LogP contribution in [0.1, 0.15) is 73.3 Å². The molecule has 0 N–H and O–H groups in total. The highest BCUT2D eigenvalue weighted by Crippen LogP contribution is 2.46. The first-order valence-corrected chi connectivity index (χ1v) is 9.93. The first-order valence-electron chi connectivity index (χ1n) is 9.93. The molecule has 0 bridgehead atoms. The number of hydrogen-bond donors (Lipinski definition) is 0. The lowest BCUT2D eigenvalue weighted by molar-refractivity contribution is 0.798. The maximum absolute atomic E-state index is 5.10. The Morgan fingerprint density at radius 1 is 0.667 bits per heavy atom. The molecule has 0 radical (unpaired) electrons. The monoisotopic (exact) mass is 353 g/mol. The van der Waals surface area contributed by atoms with Crippen molar-refractivity contribution in [1.29, 1.82) is 0 Å². The molecule has 1 aliphatic heterocycles. The normalized spacial score (nSPS) is 15.9. The average molecular weight is 354 g/mol. The minimum absolute atomic E-state index is 0.194. The molecule has 3 aromatic rings. The molecule has 4 rings (SSSR count). The van der Waals surface area contributed by atoms with E-state index in [9.17, 15) is 0 Å². The lowest BCUT2D eigenvalue weighted by Crippen LogP contribution is -2.17. The van der Waals surface area contributed by atoms with E-state index in [4.69, 9.17) is 4.99 Å². The van der Waals surface area contributed by atoms with E-state index < -0.39 is 0 Å². The van der Waals surface area contributed by atoms with Crippen LogP contribution < -0.4 is 0 Å². The van der Waals surface area contributed by atoms with Gasteiger partial charge in [-0.3, -0.25) is 4.99 Å². The molecule has 0 spiro atoms. The van der Waals surface area contributed by atoms with Crippen LogP contribution in [0.2, 0.25) is 0 Å². The lowest BCUT2D eigenvalue weighted by atomic mass is 9.76. The quantitative estimate of drug-likeness (QED) is 0.470. The fraction of sp³-hybridized carbons (Fsp3) is 0.269. The van der Waals surface area contributed by atoms with Crippen molar-refractivity contribution in [1.82, 2.24) is 0 Å². The van der Waals surface area contributed by atoms with Crippen LogP contribution in [0.3, 0.4) is 0 Å². The van der Waals surface area contributed by atoms with Crippen molar-refractivity contribution < 1.29 is 0 Å². The zero-order valence-corrected chi connectivity index (χ0v) is 16.6. The number of hydrogen-bond acceptors (Lipinski definition) is 1. The second-order valence-electron chi connectivity index (χ2n) is 8.01. The zero-order valence-electron chi connectivity index (χ0n) is 16.6. The Kier molecular flexibility index (Phi) is 4.70. The topological polar surface area (TPSA) is 12.4 Å². The van der Waals surface area contributed by atoms with Gasteiger partial charge in [-0.1, -0.05) is 94.4 Å². The number of benzene rings is 3. The Hall–Kier alpha value is -2.67. The van der Waals surface area contributed by atoms with Gasteiger partial charge in [0.2, 0.25) is 0 Å². The van der Waals surface area contributed by atoms with E-state index in [0.29, 0.717) is 11.8 Å². The highest BCUT2D eigenvalue weighted by atomic mass is 14.8. The van der Waals surface area contributed by atoms with Gasteiger partial charge in [0.05, 0.1) is 17.3 Å². The fourth-order valence-electron chi connectivity index (χ4n) is 4.25. The molecule has 27 heavy (non-hydrogen) atoms. The Morgan fingerprint density at radius 3 is 1.89 bits per heavy atom. The summed E-state index contributed by atoms with van der Waals surface area (Å²) in [5.74, 6) is 1.14. The van der Waals surface area contributed by atoms with E-state index in [-0.39, 0.29) is 5.92 Å². The molecule has 0 aromatic heterocycles. The number of aliphatic imine (C=N–C) groups is 1. The molecule has 3 aromatic carbocycles. The lowest BCUT2D eigenvalue weighted by Gasteiger charge is -2.26. The number of rotatable bonds is 4. The summed E-state index contributed by atoms with van der Waals surface area (Å²) in [6.45, 7) is 9.18. The van der Waals surface area contributed by atoms with Gasteiger partial charge in [-0.2, -0.15) is 0 Å². The molecule has 0 aliphatic carbocycles. The van der Waals surface area contributed by atoms with Crippen molar-refractivity contribution in [3.63, 3.8) is 0 Å². The summed E-state index contributed by atoms with van der Waals surface area (Å²) in [5.41, 5.74) is 9.15. The first kappa shape index (κ1) is 17.7. The Balaban J connectivity index is 2.00. The third kappa shape index (κ3) is 3.12. The summed E-state index contributed by atoms with van der Waals surface area (Å²) >= 11 is 0. The predicted octanol–water partition coefficient (Wildman–Crippen LogP) is 7.20. The second kappa shape index (κ2) is 7.15. The molecule has 1 nitrogen and oxygen atoms in total. The van der Waals surface area contributed by atoms with Crippen molar-refractivity contribution in [2.45, 2.75) is 45.4 Å². The van der Waals surface area contributed by atoms with Crippen LogP contribution in [-0.4, -0.2) is 5.71 Å². The van der Waals surface area contributed by atoms with Crippen LogP contribution in [0.5, 0.6) is 0 Å². The minimum atomic E-state index is 0.194. The maximum atomic E-state index is 5.10. The highest BCUT2D eigenvalue weighted by Gasteiger charge is 2.33. The van der Waals surface area contributed by atoms with Gasteiger partial charge >= 0.3 is 0 Å². The van der Waals surface area contributed by atoms with E-state index in [1.165, 1.54) is 33.5 Å². The van der Waals surface area contributed by atoms with Gasteiger partial charge < -0.3 is 0 Å². The van der Waals surface area contributed by atoms with Gasteiger partial charge in [0.1, 0.15) is 0 Å². The Morgan fingerprint density at radius 2 is 1.26 bits per heavy atom. The van der Waals surface area contributed by atoms with E-state index in [1.807, 2.05) is 0 Å². The summed E-state index contributed by atoms with van der Waals surface area (Å²) in [4.78, 5) is 5.10. The van der Waals surface area contributed by atoms with Crippen molar-refractivity contribution in [2.24, 2.45) is 4.99 Å². The van der Waals surface area contributed by atoms with Crippen molar-refractivity contribution in [3.8, 4) is 0 Å². The van der Waals surface area contributed by atoms with Crippen molar-refractivity contribution in [3.05, 3.63) is 101 Å². The Bertz CT molecular complexity index is 954.